The monoisotopic (exact) mass is 325 g/mol. The number of fused-ring (bicyclic) bond motifs is 1. The third kappa shape index (κ3) is 3.08. The molecule has 0 aromatic heterocycles. The van der Waals surface area contributed by atoms with Gasteiger partial charge in [0.1, 0.15) is 6.04 Å². The normalized spacial score (nSPS) is 16.4. The lowest BCUT2D eigenvalue weighted by Crippen LogP contribution is -2.39. The van der Waals surface area contributed by atoms with Crippen LogP contribution in [0.2, 0.25) is 0 Å². The van der Waals surface area contributed by atoms with Crippen molar-refractivity contribution in [1.29, 1.82) is 0 Å². The van der Waals surface area contributed by atoms with E-state index in [1.807, 2.05) is 36.4 Å². The predicted octanol–water partition coefficient (Wildman–Crippen LogP) is 2.43. The van der Waals surface area contributed by atoms with Crippen molar-refractivity contribution in [3.05, 3.63) is 75.3 Å². The van der Waals surface area contributed by atoms with Gasteiger partial charge in [0, 0.05) is 29.8 Å². The molecule has 0 aliphatic carbocycles. The standard InChI is InChI=1S/C18H19N3O3/c1-19-18(22)14-6-8-15(9-7-14)20-11-10-13-4-2-3-5-16(13)17(20)12-21(23)24/h2-9,17H,10-12H2,1H3,(H,19,22). The van der Waals surface area contributed by atoms with E-state index < -0.39 is 0 Å². The molecule has 0 fully saturated rings. The molecule has 1 N–H and O–H groups in total. The molecule has 6 nitrogen and oxygen atoms in total. The molecule has 2 aromatic rings. The Morgan fingerprint density at radius 2 is 1.96 bits per heavy atom. The first-order valence-corrected chi connectivity index (χ1v) is 7.88. The Balaban J connectivity index is 1.94. The van der Waals surface area contributed by atoms with Crippen LogP contribution in [0.5, 0.6) is 0 Å². The highest BCUT2D eigenvalue weighted by molar-refractivity contribution is 5.94. The number of amides is 1. The maximum Gasteiger partial charge on any atom is 0.251 e. The van der Waals surface area contributed by atoms with E-state index in [1.165, 1.54) is 5.56 Å². The van der Waals surface area contributed by atoms with E-state index >= 15 is 0 Å². The number of anilines is 1. The Hall–Kier alpha value is -2.89. The van der Waals surface area contributed by atoms with Gasteiger partial charge in [0.05, 0.1) is 0 Å². The lowest BCUT2D eigenvalue weighted by molar-refractivity contribution is -0.483. The summed E-state index contributed by atoms with van der Waals surface area (Å²) in [5.41, 5.74) is 3.65. The predicted molar refractivity (Wildman–Crippen MR) is 91.9 cm³/mol. The van der Waals surface area contributed by atoms with Crippen molar-refractivity contribution < 1.29 is 9.72 Å². The van der Waals surface area contributed by atoms with Crippen molar-refractivity contribution in [2.24, 2.45) is 0 Å². The minimum Gasteiger partial charge on any atom is -0.358 e. The molecule has 6 heteroatoms. The van der Waals surface area contributed by atoms with Gasteiger partial charge < -0.3 is 10.2 Å². The molecule has 0 radical (unpaired) electrons. The maximum atomic E-state index is 11.7. The zero-order valence-electron chi connectivity index (χ0n) is 13.4. The minimum absolute atomic E-state index is 0.145. The molecule has 1 amide bonds. The van der Waals surface area contributed by atoms with Gasteiger partial charge in [0.15, 0.2) is 0 Å². The van der Waals surface area contributed by atoms with Crippen LogP contribution in [-0.4, -0.2) is 31.0 Å². The van der Waals surface area contributed by atoms with Crippen LogP contribution in [0.1, 0.15) is 27.5 Å². The number of nitrogens with one attached hydrogen (secondary N) is 1. The molecule has 1 atom stereocenters. The summed E-state index contributed by atoms with van der Waals surface area (Å²) in [5, 5.41) is 13.7. The fourth-order valence-electron chi connectivity index (χ4n) is 3.25. The van der Waals surface area contributed by atoms with E-state index in [4.69, 9.17) is 0 Å². The van der Waals surface area contributed by atoms with Crippen LogP contribution in [0, 0.1) is 10.1 Å². The fourth-order valence-corrected chi connectivity index (χ4v) is 3.25. The summed E-state index contributed by atoms with van der Waals surface area (Å²) >= 11 is 0. The smallest absolute Gasteiger partial charge is 0.251 e. The number of rotatable bonds is 4. The Morgan fingerprint density at radius 3 is 2.62 bits per heavy atom. The zero-order chi connectivity index (χ0) is 17.1. The summed E-state index contributed by atoms with van der Waals surface area (Å²) in [6, 6.07) is 14.8. The highest BCUT2D eigenvalue weighted by Gasteiger charge is 2.31. The van der Waals surface area contributed by atoms with Crippen molar-refractivity contribution in [2.45, 2.75) is 12.5 Å². The molecule has 1 heterocycles. The Morgan fingerprint density at radius 1 is 1.25 bits per heavy atom. The van der Waals surface area contributed by atoms with E-state index in [0.717, 1.165) is 24.2 Å². The molecule has 0 saturated heterocycles. The van der Waals surface area contributed by atoms with Crippen LogP contribution in [0.3, 0.4) is 0 Å². The summed E-state index contributed by atoms with van der Waals surface area (Å²) in [4.78, 5) is 24.6. The van der Waals surface area contributed by atoms with Gasteiger partial charge in [-0.15, -0.1) is 0 Å². The second-order valence-corrected chi connectivity index (χ2v) is 5.80. The summed E-state index contributed by atoms with van der Waals surface area (Å²) in [6.07, 6.45) is 0.849. The van der Waals surface area contributed by atoms with Gasteiger partial charge in [0.25, 0.3) is 5.91 Å². The number of carbonyl (C=O) groups is 1. The summed E-state index contributed by atoms with van der Waals surface area (Å²) in [5.74, 6) is -0.146. The SMILES string of the molecule is CNC(=O)c1ccc(N2CCc3ccccc3C2C[N+](=O)[O-])cc1. The Labute approximate surface area is 140 Å². The van der Waals surface area contributed by atoms with Crippen LogP contribution in [0.15, 0.2) is 48.5 Å². The number of benzene rings is 2. The quantitative estimate of drug-likeness (QED) is 0.692. The van der Waals surface area contributed by atoms with Gasteiger partial charge in [0.2, 0.25) is 6.54 Å². The first-order valence-electron chi connectivity index (χ1n) is 7.88. The molecular weight excluding hydrogens is 306 g/mol. The third-order valence-electron chi connectivity index (χ3n) is 4.42. The van der Waals surface area contributed by atoms with E-state index in [2.05, 4.69) is 10.2 Å². The lowest BCUT2D eigenvalue weighted by Gasteiger charge is -2.37. The zero-order valence-corrected chi connectivity index (χ0v) is 13.4. The third-order valence-corrected chi connectivity index (χ3v) is 4.42. The number of hydrogen-bond donors (Lipinski definition) is 1. The molecule has 1 aliphatic rings. The molecule has 124 valence electrons. The minimum atomic E-state index is -0.296. The van der Waals surface area contributed by atoms with Crippen molar-refractivity contribution in [1.82, 2.24) is 5.32 Å². The lowest BCUT2D eigenvalue weighted by atomic mass is 9.92. The van der Waals surface area contributed by atoms with Gasteiger partial charge in [-0.1, -0.05) is 24.3 Å². The van der Waals surface area contributed by atoms with Crippen LogP contribution >= 0.6 is 0 Å². The summed E-state index contributed by atoms with van der Waals surface area (Å²) < 4.78 is 0. The molecule has 0 saturated carbocycles. The van der Waals surface area contributed by atoms with E-state index in [9.17, 15) is 14.9 Å². The number of nitro groups is 1. The highest BCUT2D eigenvalue weighted by atomic mass is 16.6. The molecule has 1 aliphatic heterocycles. The van der Waals surface area contributed by atoms with Gasteiger partial charge in [-0.25, -0.2) is 0 Å². The second kappa shape index (κ2) is 6.70. The van der Waals surface area contributed by atoms with Gasteiger partial charge in [-0.05, 0) is 41.8 Å². The highest BCUT2D eigenvalue weighted by Crippen LogP contribution is 2.33. The molecule has 24 heavy (non-hydrogen) atoms. The molecule has 2 aromatic carbocycles. The van der Waals surface area contributed by atoms with Crippen LogP contribution < -0.4 is 10.2 Å². The number of hydrogen-bond acceptors (Lipinski definition) is 4. The molecular formula is C18H19N3O3. The van der Waals surface area contributed by atoms with Gasteiger partial charge in [-0.2, -0.15) is 0 Å². The van der Waals surface area contributed by atoms with E-state index in [1.54, 1.807) is 19.2 Å². The molecule has 3 rings (SSSR count). The first-order chi connectivity index (χ1) is 11.6. The van der Waals surface area contributed by atoms with Gasteiger partial charge >= 0.3 is 0 Å². The Bertz CT molecular complexity index is 758. The van der Waals surface area contributed by atoms with Crippen molar-refractivity contribution >= 4 is 11.6 Å². The fraction of sp³-hybridized carbons (Fsp3) is 0.278. The van der Waals surface area contributed by atoms with Gasteiger partial charge in [-0.3, -0.25) is 14.9 Å². The van der Waals surface area contributed by atoms with Crippen LogP contribution in [0.4, 0.5) is 5.69 Å². The average molecular weight is 325 g/mol. The van der Waals surface area contributed by atoms with E-state index in [-0.39, 0.29) is 23.4 Å². The maximum absolute atomic E-state index is 11.7. The number of nitrogens with zero attached hydrogens (tertiary/aromatic N) is 2. The van der Waals surface area contributed by atoms with Crippen LogP contribution in [0.25, 0.3) is 0 Å². The molecule has 0 bridgehead atoms. The first kappa shape index (κ1) is 16.0. The van der Waals surface area contributed by atoms with Crippen molar-refractivity contribution in [3.8, 4) is 0 Å². The Kier molecular flexibility index (Phi) is 4.46. The molecule has 0 spiro atoms. The van der Waals surface area contributed by atoms with Crippen LogP contribution in [-0.2, 0) is 6.42 Å². The average Bonchev–Trinajstić information content (AvgIpc) is 2.61. The second-order valence-electron chi connectivity index (χ2n) is 5.80. The summed E-state index contributed by atoms with van der Waals surface area (Å²) in [6.45, 7) is 0.572. The largest absolute Gasteiger partial charge is 0.358 e. The van der Waals surface area contributed by atoms with Crippen molar-refractivity contribution in [3.63, 3.8) is 0 Å². The number of carbonyl (C=O) groups excluding carboxylic acids is 1. The van der Waals surface area contributed by atoms with E-state index in [0.29, 0.717) is 5.56 Å². The van der Waals surface area contributed by atoms with Crippen molar-refractivity contribution in [2.75, 3.05) is 25.0 Å². The molecule has 1 unspecified atom stereocenters. The topological polar surface area (TPSA) is 75.5 Å². The summed E-state index contributed by atoms with van der Waals surface area (Å²) in [7, 11) is 1.59.